The van der Waals surface area contributed by atoms with Gasteiger partial charge in [0.2, 0.25) is 0 Å². The minimum Gasteiger partial charge on any atom is -0.366 e. The fraction of sp³-hybridized carbons (Fsp3) is 0.273. The number of fused-ring (bicyclic) bond motifs is 1. The molecule has 1 saturated heterocycles. The van der Waals surface area contributed by atoms with Crippen LogP contribution in [0.4, 0.5) is 10.5 Å². The summed E-state index contributed by atoms with van der Waals surface area (Å²) in [6.07, 6.45) is 1.83. The van der Waals surface area contributed by atoms with Crippen molar-refractivity contribution >= 4 is 22.6 Å². The zero-order chi connectivity index (χ0) is 18.6. The molecule has 0 saturated carbocycles. The summed E-state index contributed by atoms with van der Waals surface area (Å²) in [6, 6.07) is 18.5. The van der Waals surface area contributed by atoms with Crippen LogP contribution in [0, 0.1) is 6.92 Å². The van der Waals surface area contributed by atoms with Crippen molar-refractivity contribution in [1.29, 1.82) is 0 Å². The third-order valence-electron chi connectivity index (χ3n) is 5.05. The van der Waals surface area contributed by atoms with Crippen molar-refractivity contribution in [2.45, 2.75) is 13.5 Å². The number of carbonyl (C=O) groups excluding carboxylic acids is 1. The average Bonchev–Trinajstić information content (AvgIpc) is 2.72. The lowest BCUT2D eigenvalue weighted by molar-refractivity contribution is 0.194. The highest BCUT2D eigenvalue weighted by Crippen LogP contribution is 2.25. The van der Waals surface area contributed by atoms with Crippen LogP contribution in [0.5, 0.6) is 0 Å². The largest absolute Gasteiger partial charge is 0.366 e. The predicted molar refractivity (Wildman–Crippen MR) is 109 cm³/mol. The molecule has 0 spiro atoms. The lowest BCUT2D eigenvalue weighted by Crippen LogP contribution is -2.51. The number of aryl methyl sites for hydroxylation is 1. The second-order valence-corrected chi connectivity index (χ2v) is 6.97. The first-order chi connectivity index (χ1) is 13.2. The molecule has 2 aromatic carbocycles. The van der Waals surface area contributed by atoms with Crippen LogP contribution in [0.2, 0.25) is 0 Å². The smallest absolute Gasteiger partial charge is 0.317 e. The summed E-state index contributed by atoms with van der Waals surface area (Å²) in [5, 5.41) is 4.18. The Morgan fingerprint density at radius 2 is 1.81 bits per heavy atom. The second-order valence-electron chi connectivity index (χ2n) is 6.97. The van der Waals surface area contributed by atoms with Crippen LogP contribution in [-0.4, -0.2) is 42.1 Å². The fourth-order valence-corrected chi connectivity index (χ4v) is 3.61. The van der Waals surface area contributed by atoms with E-state index in [-0.39, 0.29) is 6.03 Å². The maximum absolute atomic E-state index is 12.5. The molecule has 4 rings (SSSR count). The zero-order valence-electron chi connectivity index (χ0n) is 15.6. The monoisotopic (exact) mass is 360 g/mol. The van der Waals surface area contributed by atoms with Crippen molar-refractivity contribution in [1.82, 2.24) is 15.2 Å². The van der Waals surface area contributed by atoms with E-state index < -0.39 is 0 Å². The van der Waals surface area contributed by atoms with Gasteiger partial charge >= 0.3 is 6.03 Å². The maximum atomic E-state index is 12.5. The molecule has 1 aromatic heterocycles. The Bertz CT molecular complexity index is 942. The zero-order valence-corrected chi connectivity index (χ0v) is 15.6. The van der Waals surface area contributed by atoms with E-state index in [1.54, 1.807) is 0 Å². The van der Waals surface area contributed by atoms with Crippen molar-refractivity contribution in [3.63, 3.8) is 0 Å². The highest BCUT2D eigenvalue weighted by Gasteiger charge is 2.22. The molecule has 0 radical (unpaired) electrons. The van der Waals surface area contributed by atoms with Crippen molar-refractivity contribution < 1.29 is 4.79 Å². The van der Waals surface area contributed by atoms with Crippen molar-refractivity contribution in [3.8, 4) is 0 Å². The van der Waals surface area contributed by atoms with Crippen LogP contribution >= 0.6 is 0 Å². The van der Waals surface area contributed by atoms with Gasteiger partial charge in [0, 0.05) is 44.3 Å². The van der Waals surface area contributed by atoms with Crippen LogP contribution in [0.25, 0.3) is 10.9 Å². The van der Waals surface area contributed by atoms with Gasteiger partial charge in [0.05, 0.1) is 11.2 Å². The first-order valence-electron chi connectivity index (χ1n) is 9.38. The first kappa shape index (κ1) is 17.3. The van der Waals surface area contributed by atoms with Gasteiger partial charge in [-0.3, -0.25) is 4.98 Å². The minimum absolute atomic E-state index is 0.00667. The predicted octanol–water partition coefficient (Wildman–Crippen LogP) is 3.58. The SMILES string of the molecule is Cc1cccc(CNC(=O)N2CCN(c3cccc4cccnc34)CC2)c1. The van der Waals surface area contributed by atoms with Gasteiger partial charge in [-0.15, -0.1) is 0 Å². The van der Waals surface area contributed by atoms with E-state index in [2.05, 4.69) is 58.5 Å². The van der Waals surface area contributed by atoms with Crippen molar-refractivity contribution in [3.05, 3.63) is 71.9 Å². The summed E-state index contributed by atoms with van der Waals surface area (Å²) in [5.74, 6) is 0. The van der Waals surface area contributed by atoms with Gasteiger partial charge in [0.25, 0.3) is 0 Å². The molecule has 5 heteroatoms. The Hall–Kier alpha value is -3.08. The number of amides is 2. The van der Waals surface area contributed by atoms with Gasteiger partial charge in [-0.25, -0.2) is 4.79 Å². The number of anilines is 1. The molecule has 0 aliphatic carbocycles. The summed E-state index contributed by atoms with van der Waals surface area (Å²) < 4.78 is 0. The lowest BCUT2D eigenvalue weighted by atomic mass is 10.1. The number of para-hydroxylation sites is 1. The normalized spacial score (nSPS) is 14.4. The summed E-state index contributed by atoms with van der Waals surface area (Å²) in [6.45, 7) is 5.67. The second kappa shape index (κ2) is 7.66. The number of benzene rings is 2. The van der Waals surface area contributed by atoms with Crippen LogP contribution < -0.4 is 10.2 Å². The summed E-state index contributed by atoms with van der Waals surface area (Å²) >= 11 is 0. The summed E-state index contributed by atoms with van der Waals surface area (Å²) in [7, 11) is 0. The molecule has 138 valence electrons. The van der Waals surface area contributed by atoms with E-state index in [1.165, 1.54) is 5.56 Å². The standard InChI is InChI=1S/C22H24N4O/c1-17-5-2-6-18(15-17)16-24-22(27)26-13-11-25(12-14-26)20-9-3-7-19-8-4-10-23-21(19)20/h2-10,15H,11-14,16H2,1H3,(H,24,27). The number of hydrogen-bond donors (Lipinski definition) is 1. The lowest BCUT2D eigenvalue weighted by Gasteiger charge is -2.36. The minimum atomic E-state index is 0.00667. The molecule has 5 nitrogen and oxygen atoms in total. The van der Waals surface area contributed by atoms with E-state index in [4.69, 9.17) is 0 Å². The number of nitrogens with one attached hydrogen (secondary N) is 1. The van der Waals surface area contributed by atoms with E-state index in [1.807, 2.05) is 29.3 Å². The van der Waals surface area contributed by atoms with Gasteiger partial charge in [-0.1, -0.05) is 48.0 Å². The molecule has 0 bridgehead atoms. The maximum Gasteiger partial charge on any atom is 0.317 e. The van der Waals surface area contributed by atoms with Gasteiger partial charge < -0.3 is 15.1 Å². The molecule has 3 aromatic rings. The third kappa shape index (κ3) is 3.87. The highest BCUT2D eigenvalue weighted by atomic mass is 16.2. The summed E-state index contributed by atoms with van der Waals surface area (Å²) in [4.78, 5) is 21.3. The number of urea groups is 1. The number of carbonyl (C=O) groups is 1. The summed E-state index contributed by atoms with van der Waals surface area (Å²) in [5.41, 5.74) is 4.51. The Morgan fingerprint density at radius 1 is 1.04 bits per heavy atom. The van der Waals surface area contributed by atoms with Gasteiger partial charge in [0.15, 0.2) is 0 Å². The average molecular weight is 360 g/mol. The first-order valence-corrected chi connectivity index (χ1v) is 9.38. The van der Waals surface area contributed by atoms with Crippen LogP contribution in [0.15, 0.2) is 60.8 Å². The molecule has 0 atom stereocenters. The Balaban J connectivity index is 1.36. The molecular formula is C22H24N4O. The van der Waals surface area contributed by atoms with Crippen molar-refractivity contribution in [2.75, 3.05) is 31.1 Å². The molecule has 1 aliphatic heterocycles. The number of pyridine rings is 1. The van der Waals surface area contributed by atoms with E-state index in [0.29, 0.717) is 19.6 Å². The van der Waals surface area contributed by atoms with Crippen molar-refractivity contribution in [2.24, 2.45) is 0 Å². The van der Waals surface area contributed by atoms with Gasteiger partial charge in [-0.05, 0) is 24.6 Å². The highest BCUT2D eigenvalue weighted by molar-refractivity contribution is 5.90. The Labute approximate surface area is 159 Å². The molecule has 1 aliphatic rings. The van der Waals surface area contributed by atoms with Crippen LogP contribution in [0.1, 0.15) is 11.1 Å². The molecule has 2 amide bonds. The van der Waals surface area contributed by atoms with E-state index in [0.717, 1.165) is 35.2 Å². The molecule has 27 heavy (non-hydrogen) atoms. The molecule has 1 fully saturated rings. The van der Waals surface area contributed by atoms with Crippen LogP contribution in [0.3, 0.4) is 0 Å². The number of nitrogens with zero attached hydrogens (tertiary/aromatic N) is 3. The molecule has 0 unspecified atom stereocenters. The topological polar surface area (TPSA) is 48.5 Å². The molecule has 1 N–H and O–H groups in total. The van der Waals surface area contributed by atoms with E-state index >= 15 is 0 Å². The quantitative estimate of drug-likeness (QED) is 0.777. The molecular weight excluding hydrogens is 336 g/mol. The van der Waals surface area contributed by atoms with Gasteiger partial charge in [0.1, 0.15) is 0 Å². The molecule has 2 heterocycles. The number of aromatic nitrogens is 1. The van der Waals surface area contributed by atoms with Gasteiger partial charge in [-0.2, -0.15) is 0 Å². The fourth-order valence-electron chi connectivity index (χ4n) is 3.61. The Morgan fingerprint density at radius 3 is 2.63 bits per heavy atom. The Kier molecular flexibility index (Phi) is 4.92. The number of piperazine rings is 1. The van der Waals surface area contributed by atoms with Crippen LogP contribution in [-0.2, 0) is 6.54 Å². The number of rotatable bonds is 3. The third-order valence-corrected chi connectivity index (χ3v) is 5.05. The van der Waals surface area contributed by atoms with E-state index in [9.17, 15) is 4.79 Å². The number of hydrogen-bond acceptors (Lipinski definition) is 3.